The number of methoxy groups -OCH3 is 3. The van der Waals surface area contributed by atoms with E-state index in [-0.39, 0.29) is 31.8 Å². The van der Waals surface area contributed by atoms with Crippen LogP contribution in [-0.2, 0) is 9.53 Å². The molecule has 0 unspecified atom stereocenters. The van der Waals surface area contributed by atoms with Crippen LogP contribution >= 0.6 is 0 Å². The molecule has 36 heavy (non-hydrogen) atoms. The first-order valence-electron chi connectivity index (χ1n) is 11.7. The quantitative estimate of drug-likeness (QED) is 0.538. The molecule has 1 atom stereocenters. The number of ether oxygens (including phenoxy) is 3. The van der Waals surface area contributed by atoms with Crippen LogP contribution < -0.4 is 14.8 Å². The van der Waals surface area contributed by atoms with Crippen molar-refractivity contribution in [2.24, 2.45) is 5.10 Å². The van der Waals surface area contributed by atoms with Gasteiger partial charge in [-0.05, 0) is 37.6 Å². The number of hydrazone groups is 1. The van der Waals surface area contributed by atoms with Gasteiger partial charge in [0.05, 0.1) is 32.6 Å². The summed E-state index contributed by atoms with van der Waals surface area (Å²) in [5.41, 5.74) is 1.51. The lowest BCUT2D eigenvalue weighted by Crippen LogP contribution is -2.48. The van der Waals surface area contributed by atoms with Gasteiger partial charge in [-0.15, -0.1) is 0 Å². The van der Waals surface area contributed by atoms with Gasteiger partial charge in [-0.25, -0.2) is 14.2 Å². The molecule has 3 rings (SSSR count). The normalized spacial score (nSPS) is 15.0. The number of halogens is 1. The van der Waals surface area contributed by atoms with E-state index in [0.29, 0.717) is 29.2 Å². The van der Waals surface area contributed by atoms with Crippen LogP contribution in [0.2, 0.25) is 0 Å². The molecule has 3 amide bonds. The van der Waals surface area contributed by atoms with Crippen LogP contribution in [0.5, 0.6) is 11.5 Å². The van der Waals surface area contributed by atoms with Crippen molar-refractivity contribution >= 4 is 17.6 Å². The Labute approximate surface area is 210 Å². The van der Waals surface area contributed by atoms with Crippen molar-refractivity contribution in [2.75, 3.05) is 41.0 Å². The summed E-state index contributed by atoms with van der Waals surface area (Å²) in [7, 11) is 4.60. The minimum Gasteiger partial charge on any atom is -0.493 e. The van der Waals surface area contributed by atoms with E-state index in [1.165, 1.54) is 30.2 Å². The highest BCUT2D eigenvalue weighted by atomic mass is 19.1. The first-order valence-corrected chi connectivity index (χ1v) is 11.7. The van der Waals surface area contributed by atoms with E-state index in [1.54, 1.807) is 37.4 Å². The van der Waals surface area contributed by atoms with Crippen LogP contribution in [0.25, 0.3) is 0 Å². The summed E-state index contributed by atoms with van der Waals surface area (Å²) in [6.45, 7) is 3.94. The predicted octanol–water partition coefficient (Wildman–Crippen LogP) is 3.59. The predicted molar refractivity (Wildman–Crippen MR) is 134 cm³/mol. The molecule has 0 radical (unpaired) electrons. The largest absolute Gasteiger partial charge is 0.493 e. The fraction of sp³-hybridized carbons (Fsp3) is 0.423. The molecule has 0 spiro atoms. The van der Waals surface area contributed by atoms with Crippen molar-refractivity contribution < 1.29 is 28.2 Å². The first kappa shape index (κ1) is 26.9. The molecule has 0 fully saturated rings. The van der Waals surface area contributed by atoms with Gasteiger partial charge in [0.1, 0.15) is 12.4 Å². The number of rotatable bonds is 10. The van der Waals surface area contributed by atoms with Gasteiger partial charge in [0, 0.05) is 31.7 Å². The summed E-state index contributed by atoms with van der Waals surface area (Å²) in [6.07, 6.45) is 0.290. The maximum Gasteiger partial charge on any atom is 0.318 e. The molecule has 0 saturated heterocycles. The van der Waals surface area contributed by atoms with Gasteiger partial charge in [-0.1, -0.05) is 24.3 Å². The third kappa shape index (κ3) is 6.31. The first-order chi connectivity index (χ1) is 17.3. The van der Waals surface area contributed by atoms with E-state index < -0.39 is 17.8 Å². The maximum absolute atomic E-state index is 14.6. The number of hydrogen-bond donors (Lipinski definition) is 1. The summed E-state index contributed by atoms with van der Waals surface area (Å²) >= 11 is 0. The summed E-state index contributed by atoms with van der Waals surface area (Å²) in [5, 5.41) is 8.66. The number of benzene rings is 2. The van der Waals surface area contributed by atoms with E-state index >= 15 is 0 Å². The zero-order chi connectivity index (χ0) is 26.2. The highest BCUT2D eigenvalue weighted by Crippen LogP contribution is 2.37. The van der Waals surface area contributed by atoms with Crippen LogP contribution in [-0.4, -0.2) is 74.6 Å². The minimum absolute atomic E-state index is 0.102. The summed E-state index contributed by atoms with van der Waals surface area (Å²) < 4.78 is 30.5. The number of nitrogens with zero attached hydrogens (tertiary/aromatic N) is 3. The van der Waals surface area contributed by atoms with Gasteiger partial charge < -0.3 is 24.4 Å². The SMILES string of the molecule is COCCN(CC(=O)N1N=C(c2ccccc2F)C[C@@H]1c1ccc(OC)c(OC)c1)C(=O)NC(C)C. The van der Waals surface area contributed by atoms with Gasteiger partial charge in [0.15, 0.2) is 11.5 Å². The maximum atomic E-state index is 14.6. The Hall–Kier alpha value is -3.66. The molecule has 2 aromatic rings. The molecule has 0 bridgehead atoms. The number of urea groups is 1. The Kier molecular flexibility index (Phi) is 9.24. The average Bonchev–Trinajstić information content (AvgIpc) is 3.31. The number of amides is 3. The summed E-state index contributed by atoms with van der Waals surface area (Å²) in [6, 6.07) is 10.7. The summed E-state index contributed by atoms with van der Waals surface area (Å²) in [4.78, 5) is 27.6. The van der Waals surface area contributed by atoms with E-state index in [1.807, 2.05) is 19.9 Å². The Balaban J connectivity index is 1.96. The van der Waals surface area contributed by atoms with Gasteiger partial charge in [0.25, 0.3) is 5.91 Å². The van der Waals surface area contributed by atoms with Crippen molar-refractivity contribution in [3.8, 4) is 11.5 Å². The molecule has 2 aromatic carbocycles. The lowest BCUT2D eigenvalue weighted by atomic mass is 9.97. The van der Waals surface area contributed by atoms with Gasteiger partial charge in [-0.2, -0.15) is 5.10 Å². The number of hydrogen-bond acceptors (Lipinski definition) is 6. The second-order valence-electron chi connectivity index (χ2n) is 8.62. The van der Waals surface area contributed by atoms with Crippen molar-refractivity contribution in [1.29, 1.82) is 0 Å². The molecule has 194 valence electrons. The molecule has 1 N–H and O–H groups in total. The van der Waals surface area contributed by atoms with Crippen molar-refractivity contribution in [3.63, 3.8) is 0 Å². The third-order valence-corrected chi connectivity index (χ3v) is 5.73. The molecule has 1 heterocycles. The fourth-order valence-corrected chi connectivity index (χ4v) is 3.95. The monoisotopic (exact) mass is 500 g/mol. The Bertz CT molecular complexity index is 1110. The van der Waals surface area contributed by atoms with Crippen LogP contribution in [0.1, 0.15) is 37.4 Å². The number of carbonyl (C=O) groups excluding carboxylic acids is 2. The number of nitrogens with one attached hydrogen (secondary N) is 1. The third-order valence-electron chi connectivity index (χ3n) is 5.73. The van der Waals surface area contributed by atoms with Gasteiger partial charge >= 0.3 is 6.03 Å². The minimum atomic E-state index is -0.524. The second kappa shape index (κ2) is 12.3. The Morgan fingerprint density at radius 3 is 2.50 bits per heavy atom. The average molecular weight is 501 g/mol. The van der Waals surface area contributed by atoms with Gasteiger partial charge in [0.2, 0.25) is 0 Å². The van der Waals surface area contributed by atoms with E-state index in [0.717, 1.165) is 5.56 Å². The van der Waals surface area contributed by atoms with E-state index in [2.05, 4.69) is 10.4 Å². The molecule has 9 nitrogen and oxygen atoms in total. The Morgan fingerprint density at radius 1 is 1.14 bits per heavy atom. The molecular formula is C26H33FN4O5. The lowest BCUT2D eigenvalue weighted by molar-refractivity contribution is -0.133. The summed E-state index contributed by atoms with van der Waals surface area (Å²) in [5.74, 6) is 0.217. The zero-order valence-corrected chi connectivity index (χ0v) is 21.3. The van der Waals surface area contributed by atoms with Crippen LogP contribution in [0.4, 0.5) is 9.18 Å². The highest BCUT2D eigenvalue weighted by molar-refractivity contribution is 6.03. The van der Waals surface area contributed by atoms with Crippen molar-refractivity contribution in [3.05, 3.63) is 59.4 Å². The topological polar surface area (TPSA) is 92.7 Å². The van der Waals surface area contributed by atoms with E-state index in [9.17, 15) is 14.0 Å². The lowest BCUT2D eigenvalue weighted by Gasteiger charge is -2.27. The fourth-order valence-electron chi connectivity index (χ4n) is 3.95. The Morgan fingerprint density at radius 2 is 1.86 bits per heavy atom. The van der Waals surface area contributed by atoms with Crippen LogP contribution in [0.15, 0.2) is 47.6 Å². The highest BCUT2D eigenvalue weighted by Gasteiger charge is 2.35. The molecule has 1 aliphatic heterocycles. The molecule has 0 saturated carbocycles. The molecular weight excluding hydrogens is 467 g/mol. The number of carbonyl (C=O) groups is 2. The van der Waals surface area contributed by atoms with Crippen molar-refractivity contribution in [1.82, 2.24) is 15.2 Å². The van der Waals surface area contributed by atoms with Crippen LogP contribution in [0, 0.1) is 5.82 Å². The smallest absolute Gasteiger partial charge is 0.318 e. The van der Waals surface area contributed by atoms with Gasteiger partial charge in [-0.3, -0.25) is 4.79 Å². The van der Waals surface area contributed by atoms with E-state index in [4.69, 9.17) is 14.2 Å². The molecule has 0 aliphatic carbocycles. The second-order valence-corrected chi connectivity index (χ2v) is 8.62. The van der Waals surface area contributed by atoms with Crippen molar-refractivity contribution in [2.45, 2.75) is 32.4 Å². The zero-order valence-electron chi connectivity index (χ0n) is 21.3. The van der Waals surface area contributed by atoms with Crippen LogP contribution in [0.3, 0.4) is 0 Å². The molecule has 1 aliphatic rings. The molecule has 0 aromatic heterocycles. The standard InChI is InChI=1S/C26H33FN4O5/c1-17(2)28-26(33)30(12-13-34-3)16-25(32)31-22(18-10-11-23(35-4)24(14-18)36-5)15-21(29-31)19-8-6-7-9-20(19)27/h6-11,14,17,22H,12-13,15-16H2,1-5H3,(H,28,33)/t22-/m1/s1. The molecule has 10 heteroatoms.